The van der Waals surface area contributed by atoms with Crippen molar-refractivity contribution in [3.05, 3.63) is 53.2 Å². The van der Waals surface area contributed by atoms with Gasteiger partial charge in [-0.25, -0.2) is 4.98 Å². The van der Waals surface area contributed by atoms with Gasteiger partial charge in [-0.15, -0.1) is 24.8 Å². The molecule has 2 aromatic rings. The Morgan fingerprint density at radius 3 is 2.33 bits per heavy atom. The van der Waals surface area contributed by atoms with E-state index in [1.165, 1.54) is 0 Å². The van der Waals surface area contributed by atoms with Crippen LogP contribution in [0.3, 0.4) is 0 Å². The molecule has 0 aliphatic carbocycles. The first-order valence-corrected chi connectivity index (χ1v) is 8.12. The highest BCUT2D eigenvalue weighted by Gasteiger charge is 2.25. The van der Waals surface area contributed by atoms with E-state index in [4.69, 9.17) is 11.5 Å². The van der Waals surface area contributed by atoms with Crippen molar-refractivity contribution >= 4 is 48.1 Å². The third-order valence-corrected chi connectivity index (χ3v) is 4.41. The fourth-order valence-corrected chi connectivity index (χ4v) is 3.00. The highest BCUT2D eigenvalue weighted by Crippen LogP contribution is 2.20. The van der Waals surface area contributed by atoms with Gasteiger partial charge >= 0.3 is 0 Å². The SMILES string of the molecule is Cc1ccc(N)cc1C(=O)N1CCN(c2ncccc2C(N)=O)CC1.Cl.Cl. The Balaban J connectivity index is 0.00000182. The molecule has 0 atom stereocenters. The lowest BCUT2D eigenvalue weighted by atomic mass is 10.1. The van der Waals surface area contributed by atoms with Crippen LogP contribution in [0.5, 0.6) is 0 Å². The predicted octanol–water partition coefficient (Wildman–Crippen LogP) is 1.88. The van der Waals surface area contributed by atoms with E-state index in [1.807, 2.05) is 17.9 Å². The summed E-state index contributed by atoms with van der Waals surface area (Å²) in [7, 11) is 0. The van der Waals surface area contributed by atoms with Gasteiger partial charge in [-0.1, -0.05) is 6.07 Å². The first kappa shape index (κ1) is 22.5. The van der Waals surface area contributed by atoms with Crippen molar-refractivity contribution < 1.29 is 9.59 Å². The molecule has 0 unspecified atom stereocenters. The number of rotatable bonds is 3. The van der Waals surface area contributed by atoms with Crippen molar-refractivity contribution in [2.45, 2.75) is 6.92 Å². The molecule has 3 rings (SSSR count). The standard InChI is InChI=1S/C18H21N5O2.2ClH/c1-12-4-5-13(19)11-15(12)18(25)23-9-7-22(8-10-23)17-14(16(20)24)3-2-6-21-17;;/h2-6,11H,7-10,19H2,1H3,(H2,20,24);2*1H. The highest BCUT2D eigenvalue weighted by atomic mass is 35.5. The van der Waals surface area contributed by atoms with Crippen molar-refractivity contribution in [2.75, 3.05) is 36.8 Å². The molecule has 1 aromatic carbocycles. The number of aromatic nitrogens is 1. The summed E-state index contributed by atoms with van der Waals surface area (Å²) < 4.78 is 0. The quantitative estimate of drug-likeness (QED) is 0.749. The van der Waals surface area contributed by atoms with Gasteiger partial charge < -0.3 is 21.3 Å². The summed E-state index contributed by atoms with van der Waals surface area (Å²) in [5.41, 5.74) is 13.7. The molecule has 27 heavy (non-hydrogen) atoms. The largest absolute Gasteiger partial charge is 0.399 e. The molecule has 146 valence electrons. The van der Waals surface area contributed by atoms with Crippen molar-refractivity contribution in [3.63, 3.8) is 0 Å². The Morgan fingerprint density at radius 1 is 1.04 bits per heavy atom. The number of carbonyl (C=O) groups is 2. The molecule has 2 heterocycles. The number of benzene rings is 1. The molecule has 7 nitrogen and oxygen atoms in total. The number of pyridine rings is 1. The van der Waals surface area contributed by atoms with Crippen LogP contribution in [0.2, 0.25) is 0 Å². The second-order valence-electron chi connectivity index (χ2n) is 6.09. The molecule has 4 N–H and O–H groups in total. The molecule has 1 aliphatic rings. The van der Waals surface area contributed by atoms with E-state index in [2.05, 4.69) is 4.98 Å². The summed E-state index contributed by atoms with van der Waals surface area (Å²) in [6.07, 6.45) is 1.63. The van der Waals surface area contributed by atoms with E-state index in [-0.39, 0.29) is 30.7 Å². The fraction of sp³-hybridized carbons (Fsp3) is 0.278. The number of hydrogen-bond acceptors (Lipinski definition) is 5. The van der Waals surface area contributed by atoms with Gasteiger partial charge in [-0.2, -0.15) is 0 Å². The summed E-state index contributed by atoms with van der Waals surface area (Å²) in [5.74, 6) is 0.0415. The van der Waals surface area contributed by atoms with Crippen LogP contribution in [-0.2, 0) is 0 Å². The lowest BCUT2D eigenvalue weighted by Gasteiger charge is -2.36. The number of nitrogens with two attached hydrogens (primary N) is 2. The number of amides is 2. The Labute approximate surface area is 170 Å². The van der Waals surface area contributed by atoms with Crippen LogP contribution in [0, 0.1) is 6.92 Å². The lowest BCUT2D eigenvalue weighted by molar-refractivity contribution is 0.0745. The van der Waals surface area contributed by atoms with Crippen molar-refractivity contribution in [2.24, 2.45) is 5.73 Å². The molecule has 0 bridgehead atoms. The second kappa shape index (κ2) is 9.43. The number of primary amides is 1. The van der Waals surface area contributed by atoms with E-state index in [1.54, 1.807) is 35.4 Å². The number of piperazine rings is 1. The maximum absolute atomic E-state index is 12.8. The predicted molar refractivity (Wildman–Crippen MR) is 111 cm³/mol. The summed E-state index contributed by atoms with van der Waals surface area (Å²) in [6.45, 7) is 4.16. The maximum atomic E-state index is 12.8. The summed E-state index contributed by atoms with van der Waals surface area (Å²) >= 11 is 0. The van der Waals surface area contributed by atoms with E-state index in [9.17, 15) is 9.59 Å². The topological polar surface area (TPSA) is 106 Å². The number of halogens is 2. The van der Waals surface area contributed by atoms with Crippen LogP contribution < -0.4 is 16.4 Å². The third-order valence-electron chi connectivity index (χ3n) is 4.41. The van der Waals surface area contributed by atoms with E-state index >= 15 is 0 Å². The van der Waals surface area contributed by atoms with Crippen LogP contribution in [0.25, 0.3) is 0 Å². The fourth-order valence-electron chi connectivity index (χ4n) is 3.00. The Kier molecular flexibility index (Phi) is 7.87. The number of carbonyl (C=O) groups excluding carboxylic acids is 2. The van der Waals surface area contributed by atoms with Gasteiger partial charge in [0.2, 0.25) is 0 Å². The Bertz CT molecular complexity index is 823. The average Bonchev–Trinajstić information content (AvgIpc) is 2.63. The first-order chi connectivity index (χ1) is 12.0. The third kappa shape index (κ3) is 4.81. The minimum Gasteiger partial charge on any atom is -0.399 e. The molecule has 1 aliphatic heterocycles. The van der Waals surface area contributed by atoms with Crippen LogP contribution in [0.15, 0.2) is 36.5 Å². The molecular formula is C18H23Cl2N5O2. The Hall–Kier alpha value is -2.51. The smallest absolute Gasteiger partial charge is 0.254 e. The lowest BCUT2D eigenvalue weighted by Crippen LogP contribution is -2.49. The molecule has 1 saturated heterocycles. The van der Waals surface area contributed by atoms with Crippen LogP contribution in [0.1, 0.15) is 26.3 Å². The summed E-state index contributed by atoms with van der Waals surface area (Å²) in [5, 5.41) is 0. The van der Waals surface area contributed by atoms with E-state index in [0.717, 1.165) is 5.56 Å². The van der Waals surface area contributed by atoms with Crippen molar-refractivity contribution in [3.8, 4) is 0 Å². The molecule has 0 radical (unpaired) electrons. The van der Waals surface area contributed by atoms with Gasteiger partial charge in [0.05, 0.1) is 5.56 Å². The average molecular weight is 412 g/mol. The zero-order valence-corrected chi connectivity index (χ0v) is 16.6. The van der Waals surface area contributed by atoms with E-state index in [0.29, 0.717) is 48.8 Å². The van der Waals surface area contributed by atoms with Gasteiger partial charge in [-0.05, 0) is 36.8 Å². The number of nitrogen functional groups attached to an aromatic ring is 1. The van der Waals surface area contributed by atoms with Crippen molar-refractivity contribution in [1.82, 2.24) is 9.88 Å². The number of anilines is 2. The molecule has 1 fully saturated rings. The van der Waals surface area contributed by atoms with Crippen molar-refractivity contribution in [1.29, 1.82) is 0 Å². The number of nitrogens with zero attached hydrogens (tertiary/aromatic N) is 3. The summed E-state index contributed by atoms with van der Waals surface area (Å²) in [4.78, 5) is 32.4. The molecular weight excluding hydrogens is 389 g/mol. The number of aryl methyl sites for hydroxylation is 1. The number of hydrogen-bond donors (Lipinski definition) is 2. The molecule has 9 heteroatoms. The van der Waals surface area contributed by atoms with Gasteiger partial charge in [0.15, 0.2) is 0 Å². The molecule has 2 amide bonds. The van der Waals surface area contributed by atoms with E-state index < -0.39 is 5.91 Å². The molecule has 1 aromatic heterocycles. The highest BCUT2D eigenvalue weighted by molar-refractivity contribution is 5.98. The van der Waals surface area contributed by atoms with Gasteiger partial charge in [0, 0.05) is 43.6 Å². The van der Waals surface area contributed by atoms with Crippen LogP contribution in [0.4, 0.5) is 11.5 Å². The monoisotopic (exact) mass is 411 g/mol. The normalized spacial score (nSPS) is 13.4. The van der Waals surface area contributed by atoms with Crippen LogP contribution in [-0.4, -0.2) is 47.9 Å². The summed E-state index contributed by atoms with van der Waals surface area (Å²) in [6, 6.07) is 8.71. The molecule has 0 saturated carbocycles. The van der Waals surface area contributed by atoms with Crippen LogP contribution >= 0.6 is 24.8 Å². The molecule has 0 spiro atoms. The minimum atomic E-state index is -0.503. The van der Waals surface area contributed by atoms with Gasteiger partial charge in [-0.3, -0.25) is 9.59 Å². The zero-order chi connectivity index (χ0) is 18.0. The Morgan fingerprint density at radius 2 is 1.70 bits per heavy atom. The zero-order valence-electron chi connectivity index (χ0n) is 14.9. The minimum absolute atomic E-state index is 0. The van der Waals surface area contributed by atoms with Gasteiger partial charge in [0.1, 0.15) is 5.82 Å². The first-order valence-electron chi connectivity index (χ1n) is 8.12. The maximum Gasteiger partial charge on any atom is 0.254 e. The van der Waals surface area contributed by atoms with Gasteiger partial charge in [0.25, 0.3) is 11.8 Å². The second-order valence-corrected chi connectivity index (χ2v) is 6.09.